The number of nitrogen functional groups attached to an aromatic ring is 1. The van der Waals surface area contributed by atoms with E-state index in [2.05, 4.69) is 25.6 Å². The van der Waals surface area contributed by atoms with Crippen LogP contribution in [0.15, 0.2) is 0 Å². The first-order chi connectivity index (χ1) is 9.56. The van der Waals surface area contributed by atoms with Gasteiger partial charge in [-0.05, 0) is 13.8 Å². The molecule has 0 spiro atoms. The Hall–Kier alpha value is -2.16. The second-order valence-corrected chi connectivity index (χ2v) is 3.88. The molecule has 20 heavy (non-hydrogen) atoms. The van der Waals surface area contributed by atoms with Gasteiger partial charge in [-0.2, -0.15) is 15.0 Å². The van der Waals surface area contributed by atoms with Crippen LogP contribution in [0.2, 0.25) is 0 Å². The van der Waals surface area contributed by atoms with Gasteiger partial charge in [0.25, 0.3) is 0 Å². The quantitative estimate of drug-likeness (QED) is 0.541. The molecule has 1 aromatic rings. The fraction of sp³-hybridized carbons (Fsp3) is 0.636. The predicted octanol–water partition coefficient (Wildman–Crippen LogP) is -0.584. The van der Waals surface area contributed by atoms with E-state index in [1.165, 1.54) is 0 Å². The van der Waals surface area contributed by atoms with E-state index in [4.69, 9.17) is 15.2 Å². The number of rotatable bonds is 8. The van der Waals surface area contributed by atoms with E-state index in [1.54, 1.807) is 21.0 Å². The standard InChI is InChI=1S/C11H20N6O3/c1-4-20-11-16-9(12)15-10(17-11)14-7(2)8(18)13-5-6-19-3/h7H,4-6H2,1-3H3,(H,13,18)(H3,12,14,15,16,17). The van der Waals surface area contributed by atoms with Crippen LogP contribution in [-0.2, 0) is 9.53 Å². The van der Waals surface area contributed by atoms with Crippen molar-refractivity contribution in [1.82, 2.24) is 20.3 Å². The van der Waals surface area contributed by atoms with Crippen molar-refractivity contribution in [3.8, 4) is 6.01 Å². The summed E-state index contributed by atoms with van der Waals surface area (Å²) in [5, 5.41) is 5.53. The number of ether oxygens (including phenoxy) is 2. The first-order valence-electron chi connectivity index (χ1n) is 6.24. The van der Waals surface area contributed by atoms with Gasteiger partial charge in [0.2, 0.25) is 17.8 Å². The highest BCUT2D eigenvalue weighted by molar-refractivity contribution is 5.83. The van der Waals surface area contributed by atoms with E-state index in [0.717, 1.165) is 0 Å². The SMILES string of the molecule is CCOc1nc(N)nc(NC(C)C(=O)NCCOC)n1. The average molecular weight is 284 g/mol. The lowest BCUT2D eigenvalue weighted by Crippen LogP contribution is -2.39. The van der Waals surface area contributed by atoms with Crippen LogP contribution < -0.4 is 21.1 Å². The van der Waals surface area contributed by atoms with Crippen molar-refractivity contribution >= 4 is 17.8 Å². The first-order valence-corrected chi connectivity index (χ1v) is 6.24. The summed E-state index contributed by atoms with van der Waals surface area (Å²) in [7, 11) is 1.57. The summed E-state index contributed by atoms with van der Waals surface area (Å²) in [6.07, 6.45) is 0. The number of hydrogen-bond acceptors (Lipinski definition) is 8. The minimum Gasteiger partial charge on any atom is -0.464 e. The molecule has 0 aliphatic heterocycles. The predicted molar refractivity (Wildman–Crippen MR) is 73.4 cm³/mol. The van der Waals surface area contributed by atoms with Gasteiger partial charge in [0.1, 0.15) is 6.04 Å². The van der Waals surface area contributed by atoms with Crippen molar-refractivity contribution in [2.75, 3.05) is 37.9 Å². The summed E-state index contributed by atoms with van der Waals surface area (Å²) in [6, 6.07) is -0.405. The molecule has 112 valence electrons. The van der Waals surface area contributed by atoms with Crippen LogP contribution in [0.3, 0.4) is 0 Å². The second-order valence-electron chi connectivity index (χ2n) is 3.88. The number of nitrogens with two attached hydrogens (primary N) is 1. The van der Waals surface area contributed by atoms with E-state index in [9.17, 15) is 4.79 Å². The highest BCUT2D eigenvalue weighted by Crippen LogP contribution is 2.09. The molecule has 0 aliphatic rings. The molecule has 9 nitrogen and oxygen atoms in total. The summed E-state index contributed by atoms with van der Waals surface area (Å²) in [5.74, 6) is 0.0206. The van der Waals surface area contributed by atoms with Crippen molar-refractivity contribution in [2.45, 2.75) is 19.9 Å². The summed E-state index contributed by atoms with van der Waals surface area (Å²) in [6.45, 7) is 4.79. The van der Waals surface area contributed by atoms with Gasteiger partial charge in [-0.3, -0.25) is 4.79 Å². The number of anilines is 2. The fourth-order valence-corrected chi connectivity index (χ4v) is 1.32. The first kappa shape index (κ1) is 15.9. The Morgan fingerprint density at radius 2 is 2.15 bits per heavy atom. The molecule has 1 aromatic heterocycles. The maximum Gasteiger partial charge on any atom is 0.323 e. The van der Waals surface area contributed by atoms with Crippen LogP contribution in [0.1, 0.15) is 13.8 Å². The Morgan fingerprint density at radius 1 is 1.40 bits per heavy atom. The lowest BCUT2D eigenvalue weighted by Gasteiger charge is -2.14. The van der Waals surface area contributed by atoms with Crippen molar-refractivity contribution in [2.24, 2.45) is 0 Å². The fourth-order valence-electron chi connectivity index (χ4n) is 1.32. The van der Waals surface area contributed by atoms with Crippen LogP contribution in [0.4, 0.5) is 11.9 Å². The van der Waals surface area contributed by atoms with Crippen molar-refractivity contribution in [3.05, 3.63) is 0 Å². The number of nitrogens with one attached hydrogen (secondary N) is 2. The van der Waals surface area contributed by atoms with Crippen LogP contribution in [-0.4, -0.2) is 53.8 Å². The Bertz CT molecular complexity index is 442. The minimum absolute atomic E-state index is 0.0259. The number of nitrogens with zero attached hydrogens (tertiary/aromatic N) is 3. The third-order valence-electron chi connectivity index (χ3n) is 2.25. The molecule has 0 saturated heterocycles. The number of carbonyl (C=O) groups excluding carboxylic acids is 1. The highest BCUT2D eigenvalue weighted by atomic mass is 16.5. The zero-order valence-electron chi connectivity index (χ0n) is 11.8. The third-order valence-corrected chi connectivity index (χ3v) is 2.25. The Labute approximate surface area is 117 Å². The molecule has 4 N–H and O–H groups in total. The Morgan fingerprint density at radius 3 is 2.80 bits per heavy atom. The van der Waals surface area contributed by atoms with Gasteiger partial charge in [0.15, 0.2) is 0 Å². The van der Waals surface area contributed by atoms with E-state index in [0.29, 0.717) is 19.8 Å². The van der Waals surface area contributed by atoms with Gasteiger partial charge >= 0.3 is 6.01 Å². The molecular weight excluding hydrogens is 264 g/mol. The largest absolute Gasteiger partial charge is 0.464 e. The number of aromatic nitrogens is 3. The smallest absolute Gasteiger partial charge is 0.323 e. The molecular formula is C11H20N6O3. The lowest BCUT2D eigenvalue weighted by molar-refractivity contribution is -0.121. The normalized spacial score (nSPS) is 11.8. The van der Waals surface area contributed by atoms with Crippen molar-refractivity contribution < 1.29 is 14.3 Å². The summed E-state index contributed by atoms with van der Waals surface area (Å²) in [4.78, 5) is 23.5. The van der Waals surface area contributed by atoms with E-state index < -0.39 is 6.04 Å². The van der Waals surface area contributed by atoms with Crippen LogP contribution >= 0.6 is 0 Å². The van der Waals surface area contributed by atoms with Crippen LogP contribution in [0.25, 0.3) is 0 Å². The molecule has 0 aliphatic carbocycles. The molecule has 0 aromatic carbocycles. The maximum absolute atomic E-state index is 11.8. The van der Waals surface area contributed by atoms with Crippen LogP contribution in [0, 0.1) is 0 Å². The number of amides is 1. The monoisotopic (exact) mass is 284 g/mol. The van der Waals surface area contributed by atoms with Crippen molar-refractivity contribution in [1.29, 1.82) is 0 Å². The van der Waals surface area contributed by atoms with E-state index >= 15 is 0 Å². The summed E-state index contributed by atoms with van der Waals surface area (Å²) in [5.41, 5.74) is 5.54. The Kier molecular flexibility index (Phi) is 6.44. The molecule has 0 bridgehead atoms. The number of hydrogen-bond donors (Lipinski definition) is 3. The molecule has 1 rings (SSSR count). The zero-order valence-corrected chi connectivity index (χ0v) is 11.8. The van der Waals surface area contributed by atoms with Gasteiger partial charge in [-0.15, -0.1) is 0 Å². The van der Waals surface area contributed by atoms with E-state index in [1.807, 2.05) is 0 Å². The molecule has 1 unspecified atom stereocenters. The van der Waals surface area contributed by atoms with Gasteiger partial charge in [0.05, 0.1) is 13.2 Å². The molecule has 0 radical (unpaired) electrons. The van der Waals surface area contributed by atoms with Crippen LogP contribution in [0.5, 0.6) is 6.01 Å². The molecule has 1 atom stereocenters. The lowest BCUT2D eigenvalue weighted by atomic mass is 10.3. The zero-order chi connectivity index (χ0) is 15.0. The maximum atomic E-state index is 11.8. The molecule has 0 saturated carbocycles. The van der Waals surface area contributed by atoms with Gasteiger partial charge < -0.3 is 25.8 Å². The molecule has 1 heterocycles. The number of carbonyl (C=O) groups is 1. The van der Waals surface area contributed by atoms with Gasteiger partial charge in [0, 0.05) is 13.7 Å². The van der Waals surface area contributed by atoms with Gasteiger partial charge in [-0.25, -0.2) is 0 Å². The minimum atomic E-state index is -0.525. The average Bonchev–Trinajstić information content (AvgIpc) is 2.38. The highest BCUT2D eigenvalue weighted by Gasteiger charge is 2.14. The second kappa shape index (κ2) is 8.10. The summed E-state index contributed by atoms with van der Waals surface area (Å²) < 4.78 is 10.00. The topological polar surface area (TPSA) is 124 Å². The molecule has 1 amide bonds. The number of methoxy groups -OCH3 is 1. The van der Waals surface area contributed by atoms with E-state index in [-0.39, 0.29) is 23.8 Å². The Balaban J connectivity index is 2.60. The molecule has 9 heteroatoms. The van der Waals surface area contributed by atoms with Gasteiger partial charge in [-0.1, -0.05) is 0 Å². The van der Waals surface area contributed by atoms with Crippen molar-refractivity contribution in [3.63, 3.8) is 0 Å². The summed E-state index contributed by atoms with van der Waals surface area (Å²) >= 11 is 0. The third kappa shape index (κ3) is 5.22. The molecule has 0 fully saturated rings.